The van der Waals surface area contributed by atoms with Crippen molar-refractivity contribution in [2.45, 2.75) is 64.7 Å². The first-order chi connectivity index (χ1) is 16.2. The van der Waals surface area contributed by atoms with Gasteiger partial charge in [0.1, 0.15) is 17.0 Å². The third-order valence-corrected chi connectivity index (χ3v) is 4.67. The van der Waals surface area contributed by atoms with E-state index in [9.17, 15) is 14.4 Å². The van der Waals surface area contributed by atoms with Crippen LogP contribution in [0.3, 0.4) is 0 Å². The molecule has 1 aromatic rings. The van der Waals surface area contributed by atoms with Crippen LogP contribution in [0.25, 0.3) is 0 Å². The molecule has 35 heavy (non-hydrogen) atoms. The number of methoxy groups -OCH3 is 1. The van der Waals surface area contributed by atoms with Gasteiger partial charge in [-0.1, -0.05) is 12.1 Å². The van der Waals surface area contributed by atoms with Gasteiger partial charge in [0.05, 0.1) is 20.1 Å². The molecule has 1 atom stereocenters. The van der Waals surface area contributed by atoms with Gasteiger partial charge in [-0.15, -0.1) is 0 Å². The molecule has 0 aliphatic heterocycles. The molecule has 0 spiro atoms. The number of primary amides is 1. The molecule has 1 rings (SSSR count). The lowest BCUT2D eigenvalue weighted by Crippen LogP contribution is -2.55. The highest BCUT2D eigenvalue weighted by atomic mass is 16.6. The van der Waals surface area contributed by atoms with E-state index >= 15 is 0 Å². The van der Waals surface area contributed by atoms with E-state index in [4.69, 9.17) is 19.9 Å². The van der Waals surface area contributed by atoms with Crippen molar-refractivity contribution in [3.8, 4) is 5.75 Å². The molecule has 5 N–H and O–H groups in total. The Morgan fingerprint density at radius 1 is 0.829 bits per heavy atom. The Kier molecular flexibility index (Phi) is 11.6. The average Bonchev–Trinajstić information content (AvgIpc) is 2.72. The summed E-state index contributed by atoms with van der Waals surface area (Å²) in [6, 6.07) is 6.86. The van der Waals surface area contributed by atoms with Gasteiger partial charge in [0.15, 0.2) is 5.54 Å². The van der Waals surface area contributed by atoms with Crippen LogP contribution in [0.4, 0.5) is 0 Å². The summed E-state index contributed by atoms with van der Waals surface area (Å²) in [4.78, 5) is 37.1. The minimum atomic E-state index is -1.46. The normalized spacial score (nSPS) is 13.6. The first-order valence-electron chi connectivity index (χ1n) is 11.7. The van der Waals surface area contributed by atoms with E-state index in [1.807, 2.05) is 20.8 Å². The Labute approximate surface area is 208 Å². The monoisotopic (exact) mass is 494 g/mol. The van der Waals surface area contributed by atoms with Crippen molar-refractivity contribution in [1.82, 2.24) is 16.0 Å². The van der Waals surface area contributed by atoms with Gasteiger partial charge in [0, 0.05) is 26.2 Å². The molecule has 0 bridgehead atoms. The number of rotatable bonds is 14. The predicted octanol–water partition coefficient (Wildman–Crippen LogP) is 1.22. The molecule has 0 aliphatic carbocycles. The first kappa shape index (κ1) is 30.3. The Bertz CT molecular complexity index is 830. The van der Waals surface area contributed by atoms with Crippen molar-refractivity contribution in [3.63, 3.8) is 0 Å². The molecule has 0 aliphatic rings. The molecular weight excluding hydrogens is 452 g/mol. The molecule has 0 radical (unpaired) electrons. The van der Waals surface area contributed by atoms with E-state index in [0.717, 1.165) is 0 Å². The Morgan fingerprint density at radius 3 is 1.89 bits per heavy atom. The highest BCUT2D eigenvalue weighted by Crippen LogP contribution is 2.30. The Morgan fingerprint density at radius 2 is 1.37 bits per heavy atom. The largest absolute Gasteiger partial charge is 0.497 e. The quantitative estimate of drug-likeness (QED) is 0.222. The zero-order valence-electron chi connectivity index (χ0n) is 22.1. The number of nitrogens with two attached hydrogens (primary N) is 1. The van der Waals surface area contributed by atoms with Crippen molar-refractivity contribution < 1.29 is 28.6 Å². The van der Waals surface area contributed by atoms with Crippen LogP contribution in [0, 0.1) is 0 Å². The maximum absolute atomic E-state index is 13.3. The molecule has 10 heteroatoms. The van der Waals surface area contributed by atoms with Crippen LogP contribution in [0.1, 0.15) is 53.5 Å². The number of nitrogens with one attached hydrogen (secondary N) is 3. The molecule has 0 saturated carbocycles. The number of amides is 1. The standard InChI is InChI=1S/C25H42N4O6/c1-23(2,3)34-21(31)17-28-13-12-27-14-15-29-25(16-20(26)30,22(32)35-24(4,5)6)18-8-10-19(33-7)11-9-18/h8-11,27-29H,12-17H2,1-7H3,(H2,26,30). The van der Waals surface area contributed by atoms with Gasteiger partial charge >= 0.3 is 11.9 Å². The molecule has 1 aromatic carbocycles. The smallest absolute Gasteiger partial charge is 0.332 e. The average molecular weight is 495 g/mol. The summed E-state index contributed by atoms with van der Waals surface area (Å²) in [6.45, 7) is 12.9. The van der Waals surface area contributed by atoms with E-state index in [1.54, 1.807) is 52.1 Å². The summed E-state index contributed by atoms with van der Waals surface area (Å²) in [5, 5.41) is 9.44. The molecule has 1 amide bonds. The molecule has 1 unspecified atom stereocenters. The minimum Gasteiger partial charge on any atom is -0.497 e. The Hall–Kier alpha value is -2.69. The van der Waals surface area contributed by atoms with Crippen molar-refractivity contribution in [2.75, 3.05) is 39.8 Å². The summed E-state index contributed by atoms with van der Waals surface area (Å²) < 4.78 is 16.1. The SMILES string of the molecule is COc1ccc(C(CC(N)=O)(NCCNCCNCC(=O)OC(C)(C)C)C(=O)OC(C)(C)C)cc1. The molecule has 0 fully saturated rings. The number of hydrogen-bond acceptors (Lipinski definition) is 9. The number of hydrogen-bond donors (Lipinski definition) is 4. The maximum atomic E-state index is 13.3. The van der Waals surface area contributed by atoms with Crippen LogP contribution < -0.4 is 26.4 Å². The second-order valence-electron chi connectivity index (χ2n) is 10.2. The molecule has 0 aromatic heterocycles. The van der Waals surface area contributed by atoms with Crippen LogP contribution in [0.2, 0.25) is 0 Å². The van der Waals surface area contributed by atoms with E-state index in [0.29, 0.717) is 37.5 Å². The second-order valence-corrected chi connectivity index (χ2v) is 10.2. The molecule has 10 nitrogen and oxygen atoms in total. The maximum Gasteiger partial charge on any atom is 0.332 e. The van der Waals surface area contributed by atoms with Gasteiger partial charge in [-0.3, -0.25) is 14.9 Å². The highest BCUT2D eigenvalue weighted by molar-refractivity contribution is 5.89. The van der Waals surface area contributed by atoms with Crippen LogP contribution in [0.15, 0.2) is 24.3 Å². The lowest BCUT2D eigenvalue weighted by molar-refractivity contribution is -0.165. The molecule has 0 saturated heterocycles. The highest BCUT2D eigenvalue weighted by Gasteiger charge is 2.44. The molecule has 0 heterocycles. The number of ether oxygens (including phenoxy) is 3. The zero-order chi connectivity index (χ0) is 26.7. The first-order valence-corrected chi connectivity index (χ1v) is 11.7. The fourth-order valence-electron chi connectivity index (χ4n) is 3.26. The van der Waals surface area contributed by atoms with E-state index < -0.39 is 28.6 Å². The van der Waals surface area contributed by atoms with Gasteiger partial charge in [-0.2, -0.15) is 0 Å². The third-order valence-electron chi connectivity index (χ3n) is 4.67. The predicted molar refractivity (Wildman–Crippen MR) is 134 cm³/mol. The van der Waals surface area contributed by atoms with Gasteiger partial charge in [-0.25, -0.2) is 4.79 Å². The van der Waals surface area contributed by atoms with Crippen LogP contribution in [-0.2, 0) is 29.4 Å². The van der Waals surface area contributed by atoms with Crippen LogP contribution in [-0.4, -0.2) is 68.9 Å². The number of carbonyl (C=O) groups is 3. The Balaban J connectivity index is 2.79. The second kappa shape index (κ2) is 13.4. The number of esters is 2. The lowest BCUT2D eigenvalue weighted by atomic mass is 9.85. The number of benzene rings is 1. The van der Waals surface area contributed by atoms with Gasteiger partial charge in [0.25, 0.3) is 0 Å². The summed E-state index contributed by atoms with van der Waals surface area (Å²) in [6.07, 6.45) is -0.272. The summed E-state index contributed by atoms with van der Waals surface area (Å²) in [5.41, 5.74) is 3.37. The minimum absolute atomic E-state index is 0.120. The third kappa shape index (κ3) is 11.5. The van der Waals surface area contributed by atoms with Gasteiger partial charge in [0.2, 0.25) is 5.91 Å². The van der Waals surface area contributed by atoms with Gasteiger partial charge < -0.3 is 30.6 Å². The van der Waals surface area contributed by atoms with Crippen molar-refractivity contribution in [1.29, 1.82) is 0 Å². The van der Waals surface area contributed by atoms with Crippen LogP contribution >= 0.6 is 0 Å². The van der Waals surface area contributed by atoms with Gasteiger partial charge in [-0.05, 0) is 59.2 Å². The summed E-state index contributed by atoms with van der Waals surface area (Å²) in [7, 11) is 1.55. The molecule has 198 valence electrons. The van der Waals surface area contributed by atoms with E-state index in [1.165, 1.54) is 0 Å². The van der Waals surface area contributed by atoms with E-state index in [-0.39, 0.29) is 18.9 Å². The fraction of sp³-hybridized carbons (Fsp3) is 0.640. The van der Waals surface area contributed by atoms with Crippen molar-refractivity contribution in [2.24, 2.45) is 5.73 Å². The van der Waals surface area contributed by atoms with E-state index in [2.05, 4.69) is 16.0 Å². The summed E-state index contributed by atoms with van der Waals surface area (Å²) >= 11 is 0. The van der Waals surface area contributed by atoms with Crippen molar-refractivity contribution in [3.05, 3.63) is 29.8 Å². The van der Waals surface area contributed by atoms with Crippen LogP contribution in [0.5, 0.6) is 5.75 Å². The lowest BCUT2D eigenvalue weighted by Gasteiger charge is -2.35. The molecular formula is C25H42N4O6. The number of carbonyl (C=O) groups excluding carboxylic acids is 3. The summed E-state index contributed by atoms with van der Waals surface area (Å²) in [5.74, 6) is -0.926. The zero-order valence-corrected chi connectivity index (χ0v) is 22.1. The van der Waals surface area contributed by atoms with Crippen molar-refractivity contribution >= 4 is 17.8 Å². The topological polar surface area (TPSA) is 141 Å². The fourth-order valence-corrected chi connectivity index (χ4v) is 3.26.